The molecule has 7 nitrogen and oxygen atoms in total. The molecule has 0 saturated carbocycles. The van der Waals surface area contributed by atoms with Gasteiger partial charge in [0.25, 0.3) is 5.91 Å². The number of H-pyrrole nitrogens is 2. The van der Waals surface area contributed by atoms with Gasteiger partial charge in [-0.05, 0) is 24.3 Å². The van der Waals surface area contributed by atoms with E-state index in [1.165, 1.54) is 0 Å². The van der Waals surface area contributed by atoms with Crippen LogP contribution in [0, 0.1) is 0 Å². The summed E-state index contributed by atoms with van der Waals surface area (Å²) in [5.41, 5.74) is 7.05. The van der Waals surface area contributed by atoms with E-state index in [0.717, 1.165) is 52.3 Å². The molecule has 7 heteroatoms. The van der Waals surface area contributed by atoms with Gasteiger partial charge in [0, 0.05) is 41.3 Å². The number of aromatic nitrogens is 4. The van der Waals surface area contributed by atoms with Crippen LogP contribution in [0.5, 0.6) is 0 Å². The summed E-state index contributed by atoms with van der Waals surface area (Å²) in [7, 11) is 0. The minimum atomic E-state index is -0.197. The molecule has 134 valence electrons. The Labute approximate surface area is 154 Å². The molecule has 0 aliphatic carbocycles. The molecule has 1 aliphatic rings. The molecule has 3 aromatic heterocycles. The van der Waals surface area contributed by atoms with Crippen molar-refractivity contribution >= 4 is 22.6 Å². The van der Waals surface area contributed by atoms with Gasteiger partial charge in [-0.25, -0.2) is 0 Å². The third-order valence-corrected chi connectivity index (χ3v) is 4.77. The summed E-state index contributed by atoms with van der Waals surface area (Å²) >= 11 is 0. The van der Waals surface area contributed by atoms with Crippen molar-refractivity contribution in [1.29, 1.82) is 0 Å². The molecule has 1 amide bonds. The van der Waals surface area contributed by atoms with Crippen molar-refractivity contribution in [2.24, 2.45) is 0 Å². The number of rotatable bonds is 3. The number of nitrogens with zero attached hydrogens (tertiary/aromatic N) is 2. The molecule has 3 N–H and O–H groups in total. The minimum Gasteiger partial charge on any atom is -0.376 e. The first-order chi connectivity index (χ1) is 13.3. The number of aromatic amines is 2. The van der Waals surface area contributed by atoms with Gasteiger partial charge in [-0.1, -0.05) is 12.1 Å². The molecule has 1 aliphatic heterocycles. The summed E-state index contributed by atoms with van der Waals surface area (Å²) in [5, 5.41) is 10.4. The molecule has 0 saturated heterocycles. The summed E-state index contributed by atoms with van der Waals surface area (Å²) in [4.78, 5) is 19.8. The van der Waals surface area contributed by atoms with Crippen LogP contribution in [0.25, 0.3) is 22.3 Å². The van der Waals surface area contributed by atoms with Gasteiger partial charge in [-0.3, -0.25) is 14.9 Å². The zero-order valence-corrected chi connectivity index (χ0v) is 14.5. The summed E-state index contributed by atoms with van der Waals surface area (Å²) in [5.74, 6) is -0.197. The first-order valence-electron chi connectivity index (χ1n) is 8.77. The summed E-state index contributed by atoms with van der Waals surface area (Å²) in [6, 6.07) is 11.3. The highest BCUT2D eigenvalue weighted by atomic mass is 16.5. The number of hydrogen-bond acceptors (Lipinski definition) is 4. The summed E-state index contributed by atoms with van der Waals surface area (Å²) in [6.45, 7) is 1.30. The van der Waals surface area contributed by atoms with Crippen molar-refractivity contribution < 1.29 is 9.53 Å². The van der Waals surface area contributed by atoms with Crippen LogP contribution in [0.2, 0.25) is 0 Å². The van der Waals surface area contributed by atoms with Crippen LogP contribution in [0.3, 0.4) is 0 Å². The van der Waals surface area contributed by atoms with E-state index in [1.54, 1.807) is 18.5 Å². The molecule has 4 heterocycles. The van der Waals surface area contributed by atoms with E-state index in [1.807, 2.05) is 30.3 Å². The zero-order valence-electron chi connectivity index (χ0n) is 14.5. The lowest BCUT2D eigenvalue weighted by Crippen LogP contribution is -2.12. The Balaban J connectivity index is 1.35. The third kappa shape index (κ3) is 2.88. The highest BCUT2D eigenvalue weighted by Gasteiger charge is 2.18. The fourth-order valence-corrected chi connectivity index (χ4v) is 3.32. The highest BCUT2D eigenvalue weighted by Crippen LogP contribution is 2.28. The number of anilines is 1. The normalized spacial score (nSPS) is 13.5. The molecule has 0 fully saturated rings. The minimum absolute atomic E-state index is 0.197. The van der Waals surface area contributed by atoms with Crippen molar-refractivity contribution in [1.82, 2.24) is 20.2 Å². The smallest absolute Gasteiger partial charge is 0.257 e. The maximum Gasteiger partial charge on any atom is 0.257 e. The van der Waals surface area contributed by atoms with Crippen molar-refractivity contribution in [2.75, 3.05) is 11.9 Å². The highest BCUT2D eigenvalue weighted by molar-refractivity contribution is 6.05. The lowest BCUT2D eigenvalue weighted by molar-refractivity contribution is 0.102. The maximum absolute atomic E-state index is 12.5. The van der Waals surface area contributed by atoms with Gasteiger partial charge in [0.1, 0.15) is 0 Å². The lowest BCUT2D eigenvalue weighted by Gasteiger charge is -2.12. The van der Waals surface area contributed by atoms with E-state index in [4.69, 9.17) is 4.74 Å². The van der Waals surface area contributed by atoms with Crippen molar-refractivity contribution in [2.45, 2.75) is 13.0 Å². The number of fused-ring (bicyclic) bond motifs is 2. The molecule has 0 unspecified atom stereocenters. The van der Waals surface area contributed by atoms with Gasteiger partial charge in [-0.15, -0.1) is 0 Å². The Hall–Kier alpha value is -3.45. The number of hydrogen-bond donors (Lipinski definition) is 3. The van der Waals surface area contributed by atoms with Crippen LogP contribution in [0.1, 0.15) is 21.6 Å². The molecule has 4 aromatic rings. The van der Waals surface area contributed by atoms with E-state index in [0.29, 0.717) is 12.2 Å². The summed E-state index contributed by atoms with van der Waals surface area (Å²) < 4.78 is 5.54. The van der Waals surface area contributed by atoms with E-state index < -0.39 is 0 Å². The van der Waals surface area contributed by atoms with E-state index in [9.17, 15) is 4.79 Å². The number of carbonyl (C=O) groups excluding carboxylic acids is 1. The van der Waals surface area contributed by atoms with Crippen LogP contribution >= 0.6 is 0 Å². The maximum atomic E-state index is 12.5. The van der Waals surface area contributed by atoms with Gasteiger partial charge in [0.15, 0.2) is 0 Å². The fraction of sp³-hybridized carbons (Fsp3) is 0.150. The SMILES string of the molecule is O=C(Nc1ccc(-c2n[nH]c3c2COCC3)cc1)c1cnc2cc[nH]c2c1. The number of benzene rings is 1. The van der Waals surface area contributed by atoms with Crippen LogP contribution in [-0.4, -0.2) is 32.7 Å². The quantitative estimate of drug-likeness (QED) is 0.523. The first-order valence-corrected chi connectivity index (χ1v) is 8.77. The second-order valence-electron chi connectivity index (χ2n) is 6.50. The molecule has 0 atom stereocenters. The molecule has 5 rings (SSSR count). The predicted octanol–water partition coefficient (Wildman–Crippen LogP) is 3.28. The molecule has 0 bridgehead atoms. The molecular weight excluding hydrogens is 342 g/mol. The third-order valence-electron chi connectivity index (χ3n) is 4.77. The van der Waals surface area contributed by atoms with Crippen LogP contribution in [0.15, 0.2) is 48.8 Å². The lowest BCUT2D eigenvalue weighted by atomic mass is 10.0. The molecule has 0 radical (unpaired) electrons. The number of ether oxygens (including phenoxy) is 1. The predicted molar refractivity (Wildman–Crippen MR) is 101 cm³/mol. The van der Waals surface area contributed by atoms with Crippen LogP contribution in [0.4, 0.5) is 5.69 Å². The Morgan fingerprint density at radius 3 is 2.96 bits per heavy atom. The standard InChI is InChI=1S/C20H17N5O2/c26-20(13-9-18-17(22-10-13)5-7-21-18)23-14-3-1-12(2-4-14)19-15-11-27-8-6-16(15)24-25-19/h1-5,7,9-10,21H,6,8,11H2,(H,23,26)(H,24,25). The van der Waals surface area contributed by atoms with Crippen molar-refractivity contribution in [3.05, 3.63) is 65.6 Å². The topological polar surface area (TPSA) is 95.7 Å². The number of pyridine rings is 1. The fourth-order valence-electron chi connectivity index (χ4n) is 3.32. The Kier molecular flexibility index (Phi) is 3.72. The van der Waals surface area contributed by atoms with Gasteiger partial charge >= 0.3 is 0 Å². The van der Waals surface area contributed by atoms with Crippen LogP contribution < -0.4 is 5.32 Å². The zero-order chi connectivity index (χ0) is 18.2. The van der Waals surface area contributed by atoms with E-state index >= 15 is 0 Å². The largest absolute Gasteiger partial charge is 0.376 e. The van der Waals surface area contributed by atoms with E-state index in [-0.39, 0.29) is 5.91 Å². The Morgan fingerprint density at radius 1 is 1.19 bits per heavy atom. The average molecular weight is 359 g/mol. The van der Waals surface area contributed by atoms with Gasteiger partial charge in [-0.2, -0.15) is 5.10 Å². The van der Waals surface area contributed by atoms with Crippen molar-refractivity contribution in [3.8, 4) is 11.3 Å². The average Bonchev–Trinajstić information content (AvgIpc) is 3.35. The number of amides is 1. The van der Waals surface area contributed by atoms with E-state index in [2.05, 4.69) is 25.5 Å². The molecular formula is C20H17N5O2. The number of carbonyl (C=O) groups is 1. The number of nitrogens with one attached hydrogen (secondary N) is 3. The molecule has 0 spiro atoms. The first kappa shape index (κ1) is 15.8. The van der Waals surface area contributed by atoms with Gasteiger partial charge in [0.2, 0.25) is 0 Å². The summed E-state index contributed by atoms with van der Waals surface area (Å²) in [6.07, 6.45) is 4.24. The second-order valence-corrected chi connectivity index (χ2v) is 6.50. The molecule has 27 heavy (non-hydrogen) atoms. The monoisotopic (exact) mass is 359 g/mol. The van der Waals surface area contributed by atoms with Crippen molar-refractivity contribution in [3.63, 3.8) is 0 Å². The van der Waals surface area contributed by atoms with Gasteiger partial charge in [0.05, 0.1) is 35.5 Å². The Bertz CT molecular complexity index is 1130. The van der Waals surface area contributed by atoms with Crippen LogP contribution in [-0.2, 0) is 17.8 Å². The van der Waals surface area contributed by atoms with Gasteiger partial charge < -0.3 is 15.0 Å². The Morgan fingerprint density at radius 2 is 2.07 bits per heavy atom. The second kappa shape index (κ2) is 6.37. The molecule has 1 aromatic carbocycles.